The second-order valence-corrected chi connectivity index (χ2v) is 8.75. The second-order valence-electron chi connectivity index (χ2n) is 8.75. The Kier molecular flexibility index (Phi) is 5.31. The number of likely N-dealkylation sites (N-methyl/N-ethyl adjacent to an activating group) is 1. The van der Waals surface area contributed by atoms with Crippen LogP contribution in [0.1, 0.15) is 35.1 Å². The van der Waals surface area contributed by atoms with E-state index in [2.05, 4.69) is 21.3 Å². The van der Waals surface area contributed by atoms with E-state index in [1.807, 2.05) is 50.6 Å². The summed E-state index contributed by atoms with van der Waals surface area (Å²) >= 11 is 0. The number of carbonyl (C=O) groups is 2. The highest BCUT2D eigenvalue weighted by Gasteiger charge is 2.35. The molecule has 0 radical (unpaired) electrons. The van der Waals surface area contributed by atoms with E-state index in [0.29, 0.717) is 17.8 Å². The Labute approximate surface area is 187 Å². The Morgan fingerprint density at radius 2 is 1.72 bits per heavy atom. The zero-order valence-corrected chi connectivity index (χ0v) is 18.5. The Balaban J connectivity index is 1.68. The number of aryl methyl sites for hydroxylation is 1. The van der Waals surface area contributed by atoms with Crippen LogP contribution in [0.5, 0.6) is 5.75 Å². The number of imide groups is 1. The van der Waals surface area contributed by atoms with E-state index in [-0.39, 0.29) is 11.8 Å². The predicted molar refractivity (Wildman–Crippen MR) is 125 cm³/mol. The van der Waals surface area contributed by atoms with Gasteiger partial charge in [0.25, 0.3) is 11.8 Å². The molecule has 0 bridgehead atoms. The average Bonchev–Trinajstić information content (AvgIpc) is 3.32. The summed E-state index contributed by atoms with van der Waals surface area (Å²) < 4.78 is 6.05. The number of benzene rings is 2. The van der Waals surface area contributed by atoms with Crippen LogP contribution in [-0.2, 0) is 22.4 Å². The van der Waals surface area contributed by atoms with Crippen molar-refractivity contribution < 1.29 is 14.3 Å². The predicted octanol–water partition coefficient (Wildman–Crippen LogP) is 3.55. The Hall–Kier alpha value is -3.38. The molecule has 0 saturated heterocycles. The maximum Gasteiger partial charge on any atom is 0.259 e. The van der Waals surface area contributed by atoms with Crippen LogP contribution in [0.2, 0.25) is 0 Å². The van der Waals surface area contributed by atoms with Crippen LogP contribution in [0.3, 0.4) is 0 Å². The van der Waals surface area contributed by atoms with Crippen LogP contribution < -0.4 is 10.1 Å². The van der Waals surface area contributed by atoms with Crippen molar-refractivity contribution >= 4 is 33.9 Å². The van der Waals surface area contributed by atoms with Crippen LogP contribution in [0.25, 0.3) is 22.0 Å². The lowest BCUT2D eigenvalue weighted by Crippen LogP contribution is -2.23. The number of hydrogen-bond acceptors (Lipinski definition) is 4. The fourth-order valence-electron chi connectivity index (χ4n) is 4.74. The maximum absolute atomic E-state index is 13.1. The third-order valence-corrected chi connectivity index (χ3v) is 6.31. The fraction of sp³-hybridized carbons (Fsp3) is 0.308. The van der Waals surface area contributed by atoms with Gasteiger partial charge in [-0.15, -0.1) is 0 Å². The number of para-hydroxylation sites is 1. The van der Waals surface area contributed by atoms with Crippen molar-refractivity contribution in [1.29, 1.82) is 0 Å². The van der Waals surface area contributed by atoms with Gasteiger partial charge in [0.1, 0.15) is 12.4 Å². The number of fused-ring (bicyclic) bond motifs is 2. The molecule has 5 rings (SSSR count). The van der Waals surface area contributed by atoms with Crippen LogP contribution in [0.15, 0.2) is 42.6 Å². The van der Waals surface area contributed by atoms with Crippen molar-refractivity contribution in [1.82, 2.24) is 15.2 Å². The topological polar surface area (TPSA) is 74.4 Å². The highest BCUT2D eigenvalue weighted by molar-refractivity contribution is 6.50. The van der Waals surface area contributed by atoms with E-state index in [0.717, 1.165) is 65.6 Å². The van der Waals surface area contributed by atoms with E-state index in [4.69, 9.17) is 4.74 Å². The summed E-state index contributed by atoms with van der Waals surface area (Å²) in [5, 5.41) is 3.47. The molecule has 2 aliphatic rings. The molecule has 1 aliphatic carbocycles. The molecular weight excluding hydrogens is 402 g/mol. The van der Waals surface area contributed by atoms with Gasteiger partial charge in [-0.1, -0.05) is 18.2 Å². The van der Waals surface area contributed by atoms with Gasteiger partial charge in [-0.25, -0.2) is 0 Å². The molecule has 6 heteroatoms. The van der Waals surface area contributed by atoms with Crippen LogP contribution in [0.4, 0.5) is 0 Å². The van der Waals surface area contributed by atoms with Gasteiger partial charge in [-0.2, -0.15) is 0 Å². The molecule has 1 aromatic heterocycles. The van der Waals surface area contributed by atoms with Gasteiger partial charge in [0.15, 0.2) is 0 Å². The summed E-state index contributed by atoms with van der Waals surface area (Å²) in [7, 11) is 4.02. The summed E-state index contributed by atoms with van der Waals surface area (Å²) in [6, 6.07) is 11.9. The van der Waals surface area contributed by atoms with E-state index < -0.39 is 0 Å². The van der Waals surface area contributed by atoms with Crippen LogP contribution in [-0.4, -0.2) is 48.9 Å². The highest BCUT2D eigenvalue weighted by atomic mass is 16.5. The molecule has 6 nitrogen and oxygen atoms in total. The molecule has 0 spiro atoms. The molecule has 0 saturated carbocycles. The Morgan fingerprint density at radius 1 is 0.969 bits per heavy atom. The lowest BCUT2D eigenvalue weighted by atomic mass is 9.84. The van der Waals surface area contributed by atoms with Gasteiger partial charge in [-0.05, 0) is 74.7 Å². The zero-order chi connectivity index (χ0) is 22.2. The third-order valence-electron chi connectivity index (χ3n) is 6.31. The van der Waals surface area contributed by atoms with E-state index in [1.165, 1.54) is 5.56 Å². The first-order valence-electron chi connectivity index (χ1n) is 11.1. The number of nitrogens with one attached hydrogen (secondary N) is 2. The molecule has 164 valence electrons. The molecule has 0 fully saturated rings. The van der Waals surface area contributed by atoms with Crippen molar-refractivity contribution in [2.75, 3.05) is 27.2 Å². The van der Waals surface area contributed by atoms with Gasteiger partial charge >= 0.3 is 0 Å². The quantitative estimate of drug-likeness (QED) is 0.588. The van der Waals surface area contributed by atoms with E-state index >= 15 is 0 Å². The van der Waals surface area contributed by atoms with Crippen LogP contribution >= 0.6 is 0 Å². The SMILES string of the molecule is CN(C)CCOc1cc2c(c(C3=C(c4c[nH]c5ccccc45)C(=O)NC3=O)c1)CCCC2. The first-order chi connectivity index (χ1) is 15.5. The second kappa shape index (κ2) is 8.28. The number of amides is 2. The van der Waals surface area contributed by atoms with Crippen molar-refractivity contribution in [3.8, 4) is 5.75 Å². The largest absolute Gasteiger partial charge is 0.492 e. The Bertz CT molecular complexity index is 1250. The van der Waals surface area contributed by atoms with E-state index in [1.54, 1.807) is 0 Å². The standard InChI is InChI=1S/C26H27N3O3/c1-29(2)11-12-32-17-13-16-7-3-4-8-18(16)20(14-17)23-24(26(31)28-25(23)30)21-15-27-22-10-6-5-9-19(21)22/h5-6,9-10,13-15,27H,3-4,7-8,11-12H2,1-2H3,(H,28,30,31). The number of aromatic nitrogens is 1. The van der Waals surface area contributed by atoms with Crippen LogP contribution in [0, 0.1) is 0 Å². The summed E-state index contributed by atoms with van der Waals surface area (Å²) in [5.41, 5.74) is 5.78. The summed E-state index contributed by atoms with van der Waals surface area (Å²) in [6.45, 7) is 1.36. The molecular formula is C26H27N3O3. The summed E-state index contributed by atoms with van der Waals surface area (Å²) in [4.78, 5) is 31.3. The highest BCUT2D eigenvalue weighted by Crippen LogP contribution is 2.40. The number of nitrogens with zero attached hydrogens (tertiary/aromatic N) is 1. The average molecular weight is 430 g/mol. The molecule has 0 atom stereocenters. The number of ether oxygens (including phenoxy) is 1. The normalized spacial score (nSPS) is 16.1. The molecule has 1 aliphatic heterocycles. The summed E-state index contributed by atoms with van der Waals surface area (Å²) in [6.07, 6.45) is 5.87. The lowest BCUT2D eigenvalue weighted by Gasteiger charge is -2.22. The first-order valence-corrected chi connectivity index (χ1v) is 11.1. The number of carbonyl (C=O) groups excluding carboxylic acids is 2. The third kappa shape index (κ3) is 3.60. The molecule has 2 N–H and O–H groups in total. The first kappa shape index (κ1) is 20.5. The minimum atomic E-state index is -0.349. The van der Waals surface area contributed by atoms with Gasteiger partial charge < -0.3 is 14.6 Å². The van der Waals surface area contributed by atoms with Crippen molar-refractivity contribution in [3.63, 3.8) is 0 Å². The molecule has 0 unspecified atom stereocenters. The summed E-state index contributed by atoms with van der Waals surface area (Å²) in [5.74, 6) is 0.0622. The number of aromatic amines is 1. The minimum Gasteiger partial charge on any atom is -0.492 e. The zero-order valence-electron chi connectivity index (χ0n) is 18.5. The minimum absolute atomic E-state index is 0.339. The van der Waals surface area contributed by atoms with Gasteiger partial charge in [0.05, 0.1) is 11.1 Å². The monoisotopic (exact) mass is 429 g/mol. The number of H-pyrrole nitrogens is 1. The number of hydrogen-bond donors (Lipinski definition) is 2. The smallest absolute Gasteiger partial charge is 0.259 e. The van der Waals surface area contributed by atoms with Gasteiger partial charge in [-0.3, -0.25) is 14.9 Å². The fourth-order valence-corrected chi connectivity index (χ4v) is 4.74. The van der Waals surface area contributed by atoms with Crippen molar-refractivity contribution in [2.24, 2.45) is 0 Å². The molecule has 2 heterocycles. The lowest BCUT2D eigenvalue weighted by molar-refractivity contribution is -0.122. The van der Waals surface area contributed by atoms with E-state index in [9.17, 15) is 9.59 Å². The van der Waals surface area contributed by atoms with Gasteiger partial charge in [0.2, 0.25) is 0 Å². The maximum atomic E-state index is 13.1. The molecule has 3 aromatic rings. The van der Waals surface area contributed by atoms with Crippen molar-refractivity contribution in [2.45, 2.75) is 25.7 Å². The molecule has 2 aromatic carbocycles. The Morgan fingerprint density at radius 3 is 2.53 bits per heavy atom. The molecule has 32 heavy (non-hydrogen) atoms. The van der Waals surface area contributed by atoms with Gasteiger partial charge in [0, 0.05) is 29.2 Å². The molecule has 2 amide bonds. The van der Waals surface area contributed by atoms with Crippen molar-refractivity contribution in [3.05, 3.63) is 64.8 Å². The number of rotatable bonds is 6.